The third kappa shape index (κ3) is 2.37. The highest BCUT2D eigenvalue weighted by molar-refractivity contribution is 9.10. The molecule has 0 fully saturated rings. The van der Waals surface area contributed by atoms with Crippen LogP contribution in [0.3, 0.4) is 0 Å². The van der Waals surface area contributed by atoms with Crippen molar-refractivity contribution in [3.63, 3.8) is 0 Å². The predicted octanol–water partition coefficient (Wildman–Crippen LogP) is 4.77. The van der Waals surface area contributed by atoms with Gasteiger partial charge < -0.3 is 10.4 Å². The maximum absolute atomic E-state index is 14.0. The summed E-state index contributed by atoms with van der Waals surface area (Å²) in [5.41, 5.74) is 2.41. The maximum atomic E-state index is 14.0. The van der Waals surface area contributed by atoms with Crippen LogP contribution in [-0.2, 0) is 6.42 Å². The number of anilines is 1. The van der Waals surface area contributed by atoms with Gasteiger partial charge in [-0.2, -0.15) is 0 Å². The van der Waals surface area contributed by atoms with Crippen LogP contribution in [-0.4, -0.2) is 5.11 Å². The lowest BCUT2D eigenvalue weighted by atomic mass is 10.0. The largest absolute Gasteiger partial charge is 0.507 e. The monoisotopic (exact) mass is 385 g/mol. The van der Waals surface area contributed by atoms with Gasteiger partial charge in [-0.1, -0.05) is 31.9 Å². The van der Waals surface area contributed by atoms with Crippen LogP contribution < -0.4 is 5.32 Å². The Kier molecular flexibility index (Phi) is 3.27. The van der Waals surface area contributed by atoms with Gasteiger partial charge in [-0.05, 0) is 42.3 Å². The Hall–Kier alpha value is -1.07. The van der Waals surface area contributed by atoms with Gasteiger partial charge >= 0.3 is 0 Å². The molecule has 19 heavy (non-hydrogen) atoms. The molecule has 0 aromatic heterocycles. The number of aromatic hydroxyl groups is 1. The van der Waals surface area contributed by atoms with E-state index >= 15 is 0 Å². The number of hydrogen-bond donors (Lipinski definition) is 2. The first-order valence-corrected chi connectivity index (χ1v) is 7.36. The summed E-state index contributed by atoms with van der Waals surface area (Å²) in [4.78, 5) is 0. The highest BCUT2D eigenvalue weighted by atomic mass is 79.9. The molecule has 5 heteroatoms. The summed E-state index contributed by atoms with van der Waals surface area (Å²) in [5.74, 6) is -0.438. The van der Waals surface area contributed by atoms with E-state index in [4.69, 9.17) is 0 Å². The van der Waals surface area contributed by atoms with Crippen molar-refractivity contribution in [1.82, 2.24) is 0 Å². The Balaban J connectivity index is 1.99. The Labute approximate surface area is 126 Å². The van der Waals surface area contributed by atoms with Crippen molar-refractivity contribution in [2.75, 3.05) is 5.32 Å². The highest BCUT2D eigenvalue weighted by Crippen LogP contribution is 2.40. The molecule has 2 aromatic rings. The fourth-order valence-electron chi connectivity index (χ4n) is 2.42. The molecule has 0 bridgehead atoms. The van der Waals surface area contributed by atoms with Crippen LogP contribution in [0.25, 0.3) is 0 Å². The van der Waals surface area contributed by atoms with Crippen molar-refractivity contribution >= 4 is 37.5 Å². The first-order chi connectivity index (χ1) is 9.04. The zero-order valence-corrected chi connectivity index (χ0v) is 12.9. The lowest BCUT2D eigenvalue weighted by Gasteiger charge is -2.14. The fourth-order valence-corrected chi connectivity index (χ4v) is 3.25. The predicted molar refractivity (Wildman–Crippen MR) is 80.0 cm³/mol. The molecule has 3 rings (SSSR count). The second-order valence-electron chi connectivity index (χ2n) is 4.52. The number of nitrogens with one attached hydrogen (secondary N) is 1. The van der Waals surface area contributed by atoms with E-state index < -0.39 is 5.82 Å². The zero-order chi connectivity index (χ0) is 13.6. The molecular weight excluding hydrogens is 377 g/mol. The van der Waals surface area contributed by atoms with E-state index in [1.807, 2.05) is 18.2 Å². The van der Waals surface area contributed by atoms with E-state index in [0.717, 1.165) is 15.7 Å². The average Bonchev–Trinajstić information content (AvgIpc) is 2.69. The van der Waals surface area contributed by atoms with Crippen molar-refractivity contribution in [2.24, 2.45) is 0 Å². The first-order valence-electron chi connectivity index (χ1n) is 5.77. The van der Waals surface area contributed by atoms with Gasteiger partial charge in [-0.15, -0.1) is 0 Å². The van der Waals surface area contributed by atoms with Gasteiger partial charge in [0.15, 0.2) is 0 Å². The molecule has 2 nitrogen and oxygen atoms in total. The summed E-state index contributed by atoms with van der Waals surface area (Å²) in [6, 6.07) is 8.54. The van der Waals surface area contributed by atoms with E-state index in [1.54, 1.807) is 0 Å². The number of fused-ring (bicyclic) bond motifs is 1. The summed E-state index contributed by atoms with van der Waals surface area (Å²) in [5, 5.41) is 13.2. The van der Waals surface area contributed by atoms with Gasteiger partial charge in [0.05, 0.1) is 11.6 Å². The Morgan fingerprint density at radius 3 is 2.68 bits per heavy atom. The molecule has 98 valence electrons. The standard InChI is InChI=1S/C14H10Br2FNO/c15-8-1-2-11-7(3-8)4-12(18-11)14-10(17)5-9(16)6-13(14)19/h1-3,5-6,12,18-19H,4H2/t12-/m0/s1. The van der Waals surface area contributed by atoms with E-state index in [0.29, 0.717) is 16.5 Å². The normalized spacial score (nSPS) is 17.1. The van der Waals surface area contributed by atoms with Crippen LogP contribution in [0, 0.1) is 5.82 Å². The molecule has 2 N–H and O–H groups in total. The van der Waals surface area contributed by atoms with Crippen LogP contribution in [0.15, 0.2) is 39.3 Å². The molecule has 0 saturated heterocycles. The third-order valence-electron chi connectivity index (χ3n) is 3.24. The summed E-state index contributed by atoms with van der Waals surface area (Å²) in [6.07, 6.45) is 0.654. The van der Waals surface area contributed by atoms with Crippen molar-refractivity contribution in [3.05, 3.63) is 56.2 Å². The summed E-state index contributed by atoms with van der Waals surface area (Å²) in [6.45, 7) is 0. The number of hydrogen-bond acceptors (Lipinski definition) is 2. The quantitative estimate of drug-likeness (QED) is 0.740. The second-order valence-corrected chi connectivity index (χ2v) is 6.35. The summed E-state index contributed by atoms with van der Waals surface area (Å²) in [7, 11) is 0. The van der Waals surface area contributed by atoms with Crippen LogP contribution in [0.1, 0.15) is 17.2 Å². The Morgan fingerprint density at radius 2 is 1.95 bits per heavy atom. The topological polar surface area (TPSA) is 32.3 Å². The second kappa shape index (κ2) is 4.80. The molecular formula is C14H10Br2FNO. The average molecular weight is 387 g/mol. The lowest BCUT2D eigenvalue weighted by Crippen LogP contribution is -2.08. The van der Waals surface area contributed by atoms with Gasteiger partial charge in [0.2, 0.25) is 0 Å². The van der Waals surface area contributed by atoms with E-state index in [-0.39, 0.29) is 11.8 Å². The van der Waals surface area contributed by atoms with Gasteiger partial charge in [0.1, 0.15) is 11.6 Å². The van der Waals surface area contributed by atoms with Crippen LogP contribution in [0.4, 0.5) is 10.1 Å². The summed E-state index contributed by atoms with van der Waals surface area (Å²) < 4.78 is 15.6. The van der Waals surface area contributed by atoms with Gasteiger partial charge in [0.25, 0.3) is 0 Å². The van der Waals surface area contributed by atoms with E-state index in [2.05, 4.69) is 37.2 Å². The Bertz CT molecular complexity index is 637. The summed E-state index contributed by atoms with van der Waals surface area (Å²) >= 11 is 6.59. The number of halogens is 3. The third-order valence-corrected chi connectivity index (χ3v) is 4.19. The van der Waals surface area contributed by atoms with Gasteiger partial charge in [-0.25, -0.2) is 4.39 Å². The molecule has 1 heterocycles. The molecule has 1 aliphatic heterocycles. The molecule has 1 atom stereocenters. The van der Waals surface area contributed by atoms with E-state index in [1.165, 1.54) is 12.1 Å². The molecule has 0 amide bonds. The van der Waals surface area contributed by atoms with Crippen molar-refractivity contribution in [3.8, 4) is 5.75 Å². The minimum absolute atomic E-state index is 0.0313. The highest BCUT2D eigenvalue weighted by Gasteiger charge is 2.27. The van der Waals surface area contributed by atoms with Gasteiger partial charge in [-0.3, -0.25) is 0 Å². The molecule has 0 aliphatic carbocycles. The van der Waals surface area contributed by atoms with Crippen molar-refractivity contribution < 1.29 is 9.50 Å². The van der Waals surface area contributed by atoms with Crippen LogP contribution in [0.2, 0.25) is 0 Å². The molecule has 1 aliphatic rings. The number of phenolic OH excluding ortho intramolecular Hbond substituents is 1. The van der Waals surface area contributed by atoms with Crippen molar-refractivity contribution in [1.29, 1.82) is 0 Å². The van der Waals surface area contributed by atoms with E-state index in [9.17, 15) is 9.50 Å². The zero-order valence-electron chi connectivity index (χ0n) is 9.75. The first kappa shape index (κ1) is 12.9. The van der Waals surface area contributed by atoms with Crippen LogP contribution in [0.5, 0.6) is 5.75 Å². The molecule has 0 saturated carbocycles. The molecule has 2 aromatic carbocycles. The van der Waals surface area contributed by atoms with Gasteiger partial charge in [0, 0.05) is 14.6 Å². The van der Waals surface area contributed by atoms with Crippen LogP contribution >= 0.6 is 31.9 Å². The number of phenols is 1. The lowest BCUT2D eigenvalue weighted by molar-refractivity contribution is 0.452. The number of rotatable bonds is 1. The SMILES string of the molecule is Oc1cc(Br)cc(F)c1[C@@H]1Cc2cc(Br)ccc2N1. The minimum Gasteiger partial charge on any atom is -0.507 e. The molecule has 0 unspecified atom stereocenters. The molecule has 0 radical (unpaired) electrons. The maximum Gasteiger partial charge on any atom is 0.133 e. The molecule has 0 spiro atoms. The smallest absolute Gasteiger partial charge is 0.133 e. The minimum atomic E-state index is -0.406. The number of benzene rings is 2. The fraction of sp³-hybridized carbons (Fsp3) is 0.143. The Morgan fingerprint density at radius 1 is 1.16 bits per heavy atom. The van der Waals surface area contributed by atoms with Crippen molar-refractivity contribution in [2.45, 2.75) is 12.5 Å².